The third kappa shape index (κ3) is 2.94. The average molecular weight is 409 g/mol. The van der Waals surface area contributed by atoms with Gasteiger partial charge in [-0.15, -0.1) is 0 Å². The summed E-state index contributed by atoms with van der Waals surface area (Å²) in [7, 11) is 0. The van der Waals surface area contributed by atoms with Crippen LogP contribution in [-0.2, 0) is 9.59 Å². The molecule has 0 aliphatic carbocycles. The normalized spacial score (nSPS) is 23.7. The van der Waals surface area contributed by atoms with Gasteiger partial charge in [-0.3, -0.25) is 4.79 Å². The minimum Gasteiger partial charge on any atom is -0.477 e. The number of nitrogens with one attached hydrogen (secondary N) is 1. The molecule has 9 heteroatoms. The summed E-state index contributed by atoms with van der Waals surface area (Å²) in [5, 5.41) is 19.4. The standard InChI is InChI=1S/C16H17BrN4O4/c1-7(22)13-12-5-11(14(16(24)25)21(12)15(13)23)8-2-9(17)4-10(3-8)19-6-20-18/h2-4,6-7,12-13,22H,5,18H2,1H3,(H,19,20)(H,24,25). The van der Waals surface area contributed by atoms with Crippen molar-refractivity contribution in [2.75, 3.05) is 0 Å². The Bertz CT molecular complexity index is 805. The van der Waals surface area contributed by atoms with Crippen LogP contribution in [0.15, 0.2) is 33.4 Å². The van der Waals surface area contributed by atoms with Crippen molar-refractivity contribution >= 4 is 45.4 Å². The van der Waals surface area contributed by atoms with Crippen LogP contribution in [0.4, 0.5) is 5.69 Å². The molecule has 0 aromatic heterocycles. The lowest BCUT2D eigenvalue weighted by Crippen LogP contribution is -2.61. The summed E-state index contributed by atoms with van der Waals surface area (Å²) < 4.78 is 0.721. The molecule has 25 heavy (non-hydrogen) atoms. The van der Waals surface area contributed by atoms with Crippen LogP contribution in [0.1, 0.15) is 18.9 Å². The first-order chi connectivity index (χ1) is 11.8. The highest BCUT2D eigenvalue weighted by Gasteiger charge is 2.56. The predicted octanol–water partition coefficient (Wildman–Crippen LogP) is 0.979. The number of aliphatic hydroxyl groups excluding tert-OH is 1. The number of hydrazine groups is 1. The quantitative estimate of drug-likeness (QED) is 0.189. The number of fused-ring (bicyclic) bond motifs is 1. The molecule has 3 rings (SSSR count). The molecule has 0 bridgehead atoms. The Morgan fingerprint density at radius 1 is 1.52 bits per heavy atom. The van der Waals surface area contributed by atoms with Gasteiger partial charge in [0.25, 0.3) is 0 Å². The smallest absolute Gasteiger partial charge is 0.352 e. The van der Waals surface area contributed by atoms with Crippen LogP contribution in [-0.4, -0.2) is 45.5 Å². The first-order valence-corrected chi connectivity index (χ1v) is 8.41. The average Bonchev–Trinajstić information content (AvgIpc) is 2.87. The Morgan fingerprint density at radius 3 is 2.84 bits per heavy atom. The fraction of sp³-hybridized carbons (Fsp3) is 0.312. The molecule has 1 aromatic rings. The van der Waals surface area contributed by atoms with Crippen molar-refractivity contribution in [2.45, 2.75) is 25.5 Å². The number of aliphatic imine (C=N–C) groups is 1. The number of β-lactam (4-membered cyclic amide) rings is 1. The van der Waals surface area contributed by atoms with Gasteiger partial charge in [0.15, 0.2) is 0 Å². The molecule has 8 nitrogen and oxygen atoms in total. The second-order valence-electron chi connectivity index (χ2n) is 6.00. The Labute approximate surface area is 152 Å². The van der Waals surface area contributed by atoms with Gasteiger partial charge in [0.1, 0.15) is 12.0 Å². The fourth-order valence-electron chi connectivity index (χ4n) is 3.46. The molecule has 2 heterocycles. The summed E-state index contributed by atoms with van der Waals surface area (Å²) in [6.45, 7) is 1.55. The molecule has 0 radical (unpaired) electrons. The van der Waals surface area contributed by atoms with Gasteiger partial charge in [-0.1, -0.05) is 15.9 Å². The number of halogens is 1. The van der Waals surface area contributed by atoms with Gasteiger partial charge in [-0.2, -0.15) is 0 Å². The highest BCUT2D eigenvalue weighted by molar-refractivity contribution is 9.10. The first-order valence-electron chi connectivity index (χ1n) is 7.62. The molecular weight excluding hydrogens is 392 g/mol. The summed E-state index contributed by atoms with van der Waals surface area (Å²) in [6.07, 6.45) is 0.867. The van der Waals surface area contributed by atoms with E-state index in [4.69, 9.17) is 5.84 Å². The molecule has 1 saturated heterocycles. The van der Waals surface area contributed by atoms with Gasteiger partial charge in [0, 0.05) is 4.47 Å². The molecule has 0 spiro atoms. The maximum Gasteiger partial charge on any atom is 0.352 e. The van der Waals surface area contributed by atoms with Gasteiger partial charge in [-0.25, -0.2) is 15.6 Å². The van der Waals surface area contributed by atoms with Crippen molar-refractivity contribution in [2.24, 2.45) is 16.8 Å². The summed E-state index contributed by atoms with van der Waals surface area (Å²) in [5.41, 5.74) is 4.06. The number of rotatable bonds is 5. The minimum atomic E-state index is -1.16. The maximum absolute atomic E-state index is 12.3. The Balaban J connectivity index is 2.05. The number of carboxylic acid groups (broad SMARTS) is 1. The molecule has 0 saturated carbocycles. The van der Waals surface area contributed by atoms with Gasteiger partial charge in [0.05, 0.1) is 23.8 Å². The highest BCUT2D eigenvalue weighted by Crippen LogP contribution is 2.47. The van der Waals surface area contributed by atoms with Crippen LogP contribution in [0, 0.1) is 5.92 Å². The van der Waals surface area contributed by atoms with E-state index in [0.717, 1.165) is 4.47 Å². The second-order valence-corrected chi connectivity index (χ2v) is 6.92. The van der Waals surface area contributed by atoms with Crippen molar-refractivity contribution in [3.63, 3.8) is 0 Å². The number of carboxylic acids is 1. The number of amides is 1. The molecule has 2 aliphatic rings. The van der Waals surface area contributed by atoms with E-state index in [0.29, 0.717) is 23.2 Å². The van der Waals surface area contributed by atoms with E-state index in [-0.39, 0.29) is 17.6 Å². The molecule has 2 aliphatic heterocycles. The van der Waals surface area contributed by atoms with E-state index in [2.05, 4.69) is 26.3 Å². The topological polar surface area (TPSA) is 128 Å². The number of hydrogen-bond donors (Lipinski definition) is 4. The molecule has 1 amide bonds. The lowest BCUT2D eigenvalue weighted by molar-refractivity contribution is -0.161. The lowest BCUT2D eigenvalue weighted by Gasteiger charge is -2.44. The third-order valence-corrected chi connectivity index (χ3v) is 4.91. The summed E-state index contributed by atoms with van der Waals surface area (Å²) in [4.78, 5) is 29.4. The van der Waals surface area contributed by atoms with Crippen molar-refractivity contribution in [3.05, 3.63) is 33.9 Å². The zero-order valence-electron chi connectivity index (χ0n) is 13.3. The molecular formula is C16H17BrN4O4. The Hall–Kier alpha value is -2.23. The van der Waals surface area contributed by atoms with Crippen LogP contribution in [0.25, 0.3) is 5.57 Å². The summed E-state index contributed by atoms with van der Waals surface area (Å²) in [6, 6.07) is 4.93. The summed E-state index contributed by atoms with van der Waals surface area (Å²) >= 11 is 3.39. The van der Waals surface area contributed by atoms with E-state index < -0.39 is 18.0 Å². The van der Waals surface area contributed by atoms with Crippen LogP contribution in [0.3, 0.4) is 0 Å². The number of nitrogens with zero attached hydrogens (tertiary/aromatic N) is 2. The van der Waals surface area contributed by atoms with Gasteiger partial charge in [-0.05, 0) is 42.7 Å². The van der Waals surface area contributed by atoms with E-state index in [1.54, 1.807) is 25.1 Å². The fourth-order valence-corrected chi connectivity index (χ4v) is 3.94. The Kier molecular flexibility index (Phi) is 4.63. The van der Waals surface area contributed by atoms with Gasteiger partial charge in [0.2, 0.25) is 5.91 Å². The molecule has 132 valence electrons. The largest absolute Gasteiger partial charge is 0.477 e. The maximum atomic E-state index is 12.3. The molecule has 1 aromatic carbocycles. The van der Waals surface area contributed by atoms with E-state index in [1.807, 2.05) is 0 Å². The SMILES string of the molecule is CC(O)C1C(=O)N2C(C(=O)O)=C(c3cc(Br)cc(N=CNN)c3)CC12. The lowest BCUT2D eigenvalue weighted by atomic mass is 9.82. The Morgan fingerprint density at radius 2 is 2.24 bits per heavy atom. The number of carbonyl (C=O) groups is 2. The van der Waals surface area contributed by atoms with Crippen molar-refractivity contribution in [1.29, 1.82) is 0 Å². The predicted molar refractivity (Wildman–Crippen MR) is 94.6 cm³/mol. The monoisotopic (exact) mass is 408 g/mol. The van der Waals surface area contributed by atoms with E-state index >= 15 is 0 Å². The molecule has 5 N–H and O–H groups in total. The third-order valence-electron chi connectivity index (χ3n) is 4.45. The number of carbonyl (C=O) groups excluding carboxylic acids is 1. The number of hydrogen-bond acceptors (Lipinski definition) is 5. The number of nitrogens with two attached hydrogens (primary N) is 1. The minimum absolute atomic E-state index is 0.0307. The first kappa shape index (κ1) is 17.6. The second kappa shape index (κ2) is 6.58. The number of benzene rings is 1. The molecule has 1 fully saturated rings. The van der Waals surface area contributed by atoms with Crippen LogP contribution >= 0.6 is 15.9 Å². The summed E-state index contributed by atoms with van der Waals surface area (Å²) in [5.74, 6) is 3.09. The van der Waals surface area contributed by atoms with Crippen molar-refractivity contribution in [3.8, 4) is 0 Å². The molecule has 3 unspecified atom stereocenters. The zero-order chi connectivity index (χ0) is 18.3. The van der Waals surface area contributed by atoms with E-state index in [9.17, 15) is 19.8 Å². The van der Waals surface area contributed by atoms with Crippen molar-refractivity contribution < 1.29 is 19.8 Å². The van der Waals surface area contributed by atoms with Gasteiger partial charge >= 0.3 is 5.97 Å². The zero-order valence-corrected chi connectivity index (χ0v) is 14.9. The number of aliphatic carboxylic acids is 1. The van der Waals surface area contributed by atoms with Crippen molar-refractivity contribution in [1.82, 2.24) is 10.3 Å². The van der Waals surface area contributed by atoms with Crippen LogP contribution in [0.5, 0.6) is 0 Å². The van der Waals surface area contributed by atoms with Gasteiger partial charge < -0.3 is 20.5 Å². The van der Waals surface area contributed by atoms with E-state index in [1.165, 1.54) is 11.2 Å². The molecule has 3 atom stereocenters. The number of aliphatic hydroxyl groups is 1. The highest BCUT2D eigenvalue weighted by atomic mass is 79.9. The van der Waals surface area contributed by atoms with Crippen LogP contribution in [0.2, 0.25) is 0 Å². The van der Waals surface area contributed by atoms with Crippen LogP contribution < -0.4 is 11.3 Å².